The lowest BCUT2D eigenvalue weighted by Crippen LogP contribution is -1.93. The molecule has 0 aliphatic carbocycles. The van der Waals surface area contributed by atoms with Crippen LogP contribution in [0.1, 0.15) is 0 Å². The highest BCUT2D eigenvalue weighted by molar-refractivity contribution is 9.10. The summed E-state index contributed by atoms with van der Waals surface area (Å²) in [4.78, 5) is -0.444. The summed E-state index contributed by atoms with van der Waals surface area (Å²) in [7, 11) is -3.14. The molecule has 7 heteroatoms. The molecular weight excluding hydrogens is 239 g/mol. The van der Waals surface area contributed by atoms with Gasteiger partial charge in [0.2, 0.25) is 0 Å². The van der Waals surface area contributed by atoms with Crippen molar-refractivity contribution in [1.82, 2.24) is 9.78 Å². The summed E-state index contributed by atoms with van der Waals surface area (Å²) in [5, 5.41) is 3.53. The van der Waals surface area contributed by atoms with E-state index in [0.717, 1.165) is 6.20 Å². The third kappa shape index (κ3) is 1.59. The Morgan fingerprint density at radius 1 is 1.73 bits per heavy atom. The maximum atomic E-state index is 12.3. The normalized spacial score (nSPS) is 11.9. The van der Waals surface area contributed by atoms with Crippen molar-refractivity contribution in [2.45, 2.75) is 4.90 Å². The average molecular weight is 243 g/mol. The summed E-state index contributed by atoms with van der Waals surface area (Å²) < 4.78 is 34.2. The van der Waals surface area contributed by atoms with E-state index >= 15 is 0 Å². The van der Waals surface area contributed by atoms with E-state index < -0.39 is 15.1 Å². The standard InChI is InChI=1S/C4H4BrFN2O2S/c1-8-4(5)3(2-7-8)11(6,9)10/h2H,1H3. The molecular formula is C4H4BrFN2O2S. The Morgan fingerprint density at radius 3 is 2.45 bits per heavy atom. The summed E-state index contributed by atoms with van der Waals surface area (Å²) in [6.45, 7) is 0. The van der Waals surface area contributed by atoms with Gasteiger partial charge < -0.3 is 0 Å². The van der Waals surface area contributed by atoms with Crippen LogP contribution in [0, 0.1) is 0 Å². The second kappa shape index (κ2) is 2.56. The minimum atomic E-state index is -4.64. The number of nitrogens with zero attached hydrogens (tertiary/aromatic N) is 2. The first-order chi connectivity index (χ1) is 4.93. The minimum absolute atomic E-state index is 0.111. The monoisotopic (exact) mass is 242 g/mol. The Hall–Kier alpha value is -0.430. The van der Waals surface area contributed by atoms with Crippen molar-refractivity contribution >= 4 is 26.2 Å². The van der Waals surface area contributed by atoms with E-state index in [1.807, 2.05) is 0 Å². The molecule has 0 radical (unpaired) electrons. The molecule has 11 heavy (non-hydrogen) atoms. The van der Waals surface area contributed by atoms with Crippen molar-refractivity contribution in [3.8, 4) is 0 Å². The van der Waals surface area contributed by atoms with Crippen LogP contribution in [-0.2, 0) is 17.3 Å². The summed E-state index contributed by atoms with van der Waals surface area (Å²) >= 11 is 2.87. The topological polar surface area (TPSA) is 52.0 Å². The maximum Gasteiger partial charge on any atom is 0.336 e. The SMILES string of the molecule is Cn1ncc(S(=O)(=O)F)c1Br. The zero-order valence-electron chi connectivity index (χ0n) is 5.45. The fourth-order valence-electron chi connectivity index (χ4n) is 0.566. The highest BCUT2D eigenvalue weighted by Crippen LogP contribution is 2.21. The second-order valence-corrected chi connectivity index (χ2v) is 3.93. The first kappa shape index (κ1) is 8.66. The van der Waals surface area contributed by atoms with Gasteiger partial charge in [-0.05, 0) is 15.9 Å². The molecule has 62 valence electrons. The van der Waals surface area contributed by atoms with Gasteiger partial charge in [0.15, 0.2) is 4.90 Å². The molecule has 0 bridgehead atoms. The molecule has 0 atom stereocenters. The first-order valence-corrected chi connectivity index (χ1v) is 4.72. The molecule has 4 nitrogen and oxygen atoms in total. The van der Waals surface area contributed by atoms with E-state index in [9.17, 15) is 12.3 Å². The van der Waals surface area contributed by atoms with E-state index in [2.05, 4.69) is 21.0 Å². The predicted octanol–water partition coefficient (Wildman–Crippen LogP) is 0.841. The van der Waals surface area contributed by atoms with Gasteiger partial charge in [0.1, 0.15) is 4.60 Å². The van der Waals surface area contributed by atoms with Crippen molar-refractivity contribution in [3.63, 3.8) is 0 Å². The van der Waals surface area contributed by atoms with Crippen molar-refractivity contribution in [3.05, 3.63) is 10.8 Å². The van der Waals surface area contributed by atoms with Crippen molar-refractivity contribution in [2.24, 2.45) is 7.05 Å². The van der Waals surface area contributed by atoms with Gasteiger partial charge in [0, 0.05) is 7.05 Å². The van der Waals surface area contributed by atoms with Crippen molar-refractivity contribution < 1.29 is 12.3 Å². The lowest BCUT2D eigenvalue weighted by atomic mass is 10.7. The maximum absolute atomic E-state index is 12.3. The molecule has 0 spiro atoms. The van der Waals surface area contributed by atoms with Crippen LogP contribution in [-0.4, -0.2) is 18.2 Å². The molecule has 0 aliphatic heterocycles. The molecule has 1 aromatic heterocycles. The van der Waals surface area contributed by atoms with Gasteiger partial charge in [-0.25, -0.2) is 0 Å². The molecule has 1 heterocycles. The van der Waals surface area contributed by atoms with E-state index in [1.54, 1.807) is 0 Å². The number of hydrogen-bond donors (Lipinski definition) is 0. The van der Waals surface area contributed by atoms with Crippen molar-refractivity contribution in [2.75, 3.05) is 0 Å². The van der Waals surface area contributed by atoms with Crippen molar-refractivity contribution in [1.29, 1.82) is 0 Å². The molecule has 1 rings (SSSR count). The largest absolute Gasteiger partial charge is 0.336 e. The zero-order chi connectivity index (χ0) is 8.65. The van der Waals surface area contributed by atoms with Crippen LogP contribution < -0.4 is 0 Å². The van der Waals surface area contributed by atoms with E-state index in [-0.39, 0.29) is 4.60 Å². The highest BCUT2D eigenvalue weighted by atomic mass is 79.9. The van der Waals surface area contributed by atoms with Crippen LogP contribution in [0.2, 0.25) is 0 Å². The third-order valence-electron chi connectivity index (χ3n) is 1.10. The number of halogens is 2. The predicted molar refractivity (Wildman–Crippen MR) is 39.2 cm³/mol. The van der Waals surface area contributed by atoms with Crippen LogP contribution in [0.4, 0.5) is 3.89 Å². The molecule has 0 N–H and O–H groups in total. The van der Waals surface area contributed by atoms with Gasteiger partial charge in [0.25, 0.3) is 0 Å². The van der Waals surface area contributed by atoms with Crippen LogP contribution in [0.5, 0.6) is 0 Å². The lowest BCUT2D eigenvalue weighted by Gasteiger charge is -1.91. The summed E-state index contributed by atoms with van der Waals surface area (Å²) in [5.74, 6) is 0. The van der Waals surface area contributed by atoms with Gasteiger partial charge in [-0.1, -0.05) is 0 Å². The van der Waals surface area contributed by atoms with E-state index in [0.29, 0.717) is 0 Å². The van der Waals surface area contributed by atoms with Crippen LogP contribution in [0.15, 0.2) is 15.7 Å². The minimum Gasteiger partial charge on any atom is -0.260 e. The van der Waals surface area contributed by atoms with Gasteiger partial charge in [-0.15, -0.1) is 3.89 Å². The van der Waals surface area contributed by atoms with Crippen LogP contribution >= 0.6 is 15.9 Å². The molecule has 0 fully saturated rings. The first-order valence-electron chi connectivity index (χ1n) is 2.55. The molecule has 0 saturated carbocycles. The Bertz CT molecular complexity index is 371. The molecule has 0 aromatic carbocycles. The lowest BCUT2D eigenvalue weighted by molar-refractivity contribution is 0.551. The van der Waals surface area contributed by atoms with E-state index in [4.69, 9.17) is 0 Å². The molecule has 1 aromatic rings. The molecule has 0 aliphatic rings. The Labute approximate surface area is 71.4 Å². The number of hydrogen-bond acceptors (Lipinski definition) is 3. The fourth-order valence-corrected chi connectivity index (χ4v) is 1.85. The Balaban J connectivity index is 3.38. The van der Waals surface area contributed by atoms with Gasteiger partial charge >= 0.3 is 10.2 Å². The highest BCUT2D eigenvalue weighted by Gasteiger charge is 2.19. The summed E-state index contributed by atoms with van der Waals surface area (Å²) in [5.41, 5.74) is 0. The molecule has 0 saturated heterocycles. The average Bonchev–Trinajstić information content (AvgIpc) is 2.11. The summed E-state index contributed by atoms with van der Waals surface area (Å²) in [6.07, 6.45) is 0.944. The third-order valence-corrected chi connectivity index (χ3v) is 3.13. The Kier molecular flexibility index (Phi) is 2.02. The number of rotatable bonds is 1. The quantitative estimate of drug-likeness (QED) is 0.687. The number of aryl methyl sites for hydroxylation is 1. The van der Waals surface area contributed by atoms with Gasteiger partial charge in [-0.3, -0.25) is 4.68 Å². The second-order valence-electron chi connectivity index (χ2n) is 1.86. The smallest absolute Gasteiger partial charge is 0.260 e. The van der Waals surface area contributed by atoms with Gasteiger partial charge in [-0.2, -0.15) is 13.5 Å². The van der Waals surface area contributed by atoms with Gasteiger partial charge in [0.05, 0.1) is 6.20 Å². The van der Waals surface area contributed by atoms with Crippen LogP contribution in [0.3, 0.4) is 0 Å². The Morgan fingerprint density at radius 2 is 2.27 bits per heavy atom. The summed E-state index contributed by atoms with van der Waals surface area (Å²) in [6, 6.07) is 0. The number of aromatic nitrogens is 2. The molecule has 0 amide bonds. The fraction of sp³-hybridized carbons (Fsp3) is 0.250. The van der Waals surface area contributed by atoms with E-state index in [1.165, 1.54) is 11.7 Å². The zero-order valence-corrected chi connectivity index (χ0v) is 7.85. The molecule has 0 unspecified atom stereocenters. The van der Waals surface area contributed by atoms with Crippen LogP contribution in [0.25, 0.3) is 0 Å².